The molecule has 1 saturated heterocycles. The van der Waals surface area contributed by atoms with E-state index in [2.05, 4.69) is 10.3 Å². The Bertz CT molecular complexity index is 634. The molecule has 1 aromatic carbocycles. The zero-order valence-electron chi connectivity index (χ0n) is 14.2. The molecule has 9 heteroatoms. The fourth-order valence-electron chi connectivity index (χ4n) is 3.19. The van der Waals surface area contributed by atoms with Crippen molar-refractivity contribution in [2.45, 2.75) is 50.3 Å². The minimum absolute atomic E-state index is 0. The molecule has 146 valence electrons. The lowest BCUT2D eigenvalue weighted by molar-refractivity contribution is -0.160. The zero-order chi connectivity index (χ0) is 17.9. The van der Waals surface area contributed by atoms with Gasteiger partial charge in [-0.05, 0) is 30.5 Å². The molecule has 1 spiro atoms. The molecule has 1 aliphatic heterocycles. The molecular formula is C17H23F3IN3O2. The van der Waals surface area contributed by atoms with E-state index in [1.165, 1.54) is 6.07 Å². The number of alkyl halides is 3. The number of hydrogen-bond acceptors (Lipinski definition) is 3. The van der Waals surface area contributed by atoms with E-state index >= 15 is 0 Å². The fraction of sp³-hybridized carbons (Fsp3) is 0.588. The van der Waals surface area contributed by atoms with Crippen molar-refractivity contribution < 1.29 is 22.6 Å². The van der Waals surface area contributed by atoms with Crippen LogP contribution in [-0.4, -0.2) is 31.0 Å². The quantitative estimate of drug-likeness (QED) is 0.390. The third-order valence-corrected chi connectivity index (χ3v) is 4.48. The smallest absolute Gasteiger partial charge is 0.370 e. The van der Waals surface area contributed by atoms with Crippen molar-refractivity contribution >= 4 is 29.9 Å². The lowest BCUT2D eigenvalue weighted by Crippen LogP contribution is -2.39. The second-order valence-corrected chi connectivity index (χ2v) is 6.45. The molecule has 26 heavy (non-hydrogen) atoms. The Morgan fingerprint density at radius 1 is 1.31 bits per heavy atom. The maximum Gasteiger partial charge on any atom is 0.416 e. The van der Waals surface area contributed by atoms with Crippen LogP contribution in [0.2, 0.25) is 0 Å². The monoisotopic (exact) mass is 485 g/mol. The third-order valence-electron chi connectivity index (χ3n) is 4.48. The number of nitrogens with zero attached hydrogens (tertiary/aromatic N) is 1. The summed E-state index contributed by atoms with van der Waals surface area (Å²) in [6, 6.07) is 5.06. The predicted octanol–water partition coefficient (Wildman–Crippen LogP) is 3.41. The van der Waals surface area contributed by atoms with Crippen LogP contribution >= 0.6 is 24.0 Å². The van der Waals surface area contributed by atoms with Gasteiger partial charge in [-0.25, -0.2) is 4.99 Å². The Balaban J connectivity index is 0.00000243. The molecule has 0 amide bonds. The van der Waals surface area contributed by atoms with Crippen molar-refractivity contribution in [1.29, 1.82) is 0 Å². The highest BCUT2D eigenvalue weighted by molar-refractivity contribution is 14.0. The van der Waals surface area contributed by atoms with Gasteiger partial charge in [0.2, 0.25) is 0 Å². The molecule has 0 radical (unpaired) electrons. The van der Waals surface area contributed by atoms with Crippen LogP contribution in [0.15, 0.2) is 29.3 Å². The lowest BCUT2D eigenvalue weighted by atomic mass is 10.1. The van der Waals surface area contributed by atoms with Gasteiger partial charge in [0, 0.05) is 19.4 Å². The maximum absolute atomic E-state index is 12.7. The van der Waals surface area contributed by atoms with Gasteiger partial charge in [0.1, 0.15) is 6.10 Å². The van der Waals surface area contributed by atoms with Crippen LogP contribution in [0.3, 0.4) is 0 Å². The molecule has 2 fully saturated rings. The van der Waals surface area contributed by atoms with Gasteiger partial charge in [0.25, 0.3) is 0 Å². The number of rotatable bonds is 4. The summed E-state index contributed by atoms with van der Waals surface area (Å²) in [6.45, 7) is 1.04. The molecule has 1 unspecified atom stereocenters. The van der Waals surface area contributed by atoms with Crippen molar-refractivity contribution in [3.8, 4) is 0 Å². The highest BCUT2D eigenvalue weighted by Gasteiger charge is 2.43. The number of nitrogens with two attached hydrogens (primary N) is 1. The van der Waals surface area contributed by atoms with E-state index in [4.69, 9.17) is 15.2 Å². The summed E-state index contributed by atoms with van der Waals surface area (Å²) >= 11 is 0. The molecule has 1 aliphatic carbocycles. The number of benzene rings is 1. The van der Waals surface area contributed by atoms with Crippen LogP contribution < -0.4 is 11.1 Å². The predicted molar refractivity (Wildman–Crippen MR) is 102 cm³/mol. The minimum Gasteiger partial charge on any atom is -0.370 e. The van der Waals surface area contributed by atoms with Crippen molar-refractivity contribution in [3.05, 3.63) is 35.4 Å². The van der Waals surface area contributed by atoms with Crippen molar-refractivity contribution in [1.82, 2.24) is 5.32 Å². The number of halogens is 4. The SMILES string of the molecule is I.NC(=NCc1cccc(C(F)(F)F)c1)NCC1COC2(CCCC2)O1. The number of aliphatic imine (C=N–C) groups is 1. The van der Waals surface area contributed by atoms with Crippen LogP contribution in [0.5, 0.6) is 0 Å². The summed E-state index contributed by atoms with van der Waals surface area (Å²) in [5, 5.41) is 2.95. The Labute approximate surface area is 167 Å². The van der Waals surface area contributed by atoms with E-state index in [0.717, 1.165) is 37.8 Å². The second kappa shape index (κ2) is 8.75. The molecule has 1 aromatic rings. The molecule has 0 aromatic heterocycles. The van der Waals surface area contributed by atoms with Gasteiger partial charge >= 0.3 is 6.18 Å². The average Bonchev–Trinajstić information content (AvgIpc) is 3.20. The molecule has 1 heterocycles. The third kappa shape index (κ3) is 5.46. The van der Waals surface area contributed by atoms with E-state index in [-0.39, 0.29) is 42.6 Å². The molecule has 1 saturated carbocycles. The second-order valence-electron chi connectivity index (χ2n) is 6.45. The van der Waals surface area contributed by atoms with E-state index in [1.807, 2.05) is 0 Å². The van der Waals surface area contributed by atoms with Gasteiger partial charge in [0.15, 0.2) is 11.7 Å². The number of guanidine groups is 1. The van der Waals surface area contributed by atoms with Crippen LogP contribution in [0.1, 0.15) is 36.8 Å². The average molecular weight is 485 g/mol. The van der Waals surface area contributed by atoms with Crippen molar-refractivity contribution in [2.75, 3.05) is 13.2 Å². The Morgan fingerprint density at radius 2 is 2.04 bits per heavy atom. The molecule has 5 nitrogen and oxygen atoms in total. The maximum atomic E-state index is 12.7. The highest BCUT2D eigenvalue weighted by atomic mass is 127. The van der Waals surface area contributed by atoms with E-state index in [0.29, 0.717) is 18.7 Å². The van der Waals surface area contributed by atoms with Gasteiger partial charge in [-0.2, -0.15) is 13.2 Å². The summed E-state index contributed by atoms with van der Waals surface area (Å²) in [4.78, 5) is 4.09. The Kier molecular flexibility index (Phi) is 7.14. The first-order chi connectivity index (χ1) is 11.9. The van der Waals surface area contributed by atoms with E-state index in [9.17, 15) is 13.2 Å². The Hall–Kier alpha value is -1.07. The van der Waals surface area contributed by atoms with Crippen LogP contribution in [0.4, 0.5) is 13.2 Å². The zero-order valence-corrected chi connectivity index (χ0v) is 16.6. The van der Waals surface area contributed by atoms with Crippen molar-refractivity contribution in [3.63, 3.8) is 0 Å². The normalized spacial score (nSPS) is 22.4. The van der Waals surface area contributed by atoms with E-state index < -0.39 is 17.5 Å². The van der Waals surface area contributed by atoms with E-state index in [1.54, 1.807) is 6.07 Å². The summed E-state index contributed by atoms with van der Waals surface area (Å²) in [5.74, 6) is -0.246. The molecule has 3 rings (SSSR count). The summed E-state index contributed by atoms with van der Waals surface area (Å²) in [5.41, 5.74) is 5.55. The van der Waals surface area contributed by atoms with Gasteiger partial charge in [-0.15, -0.1) is 24.0 Å². The summed E-state index contributed by atoms with van der Waals surface area (Å²) in [7, 11) is 0. The largest absolute Gasteiger partial charge is 0.416 e. The Morgan fingerprint density at radius 3 is 2.73 bits per heavy atom. The molecular weight excluding hydrogens is 462 g/mol. The van der Waals surface area contributed by atoms with Crippen LogP contribution in [0, 0.1) is 0 Å². The van der Waals surface area contributed by atoms with Crippen LogP contribution in [-0.2, 0) is 22.2 Å². The van der Waals surface area contributed by atoms with Gasteiger partial charge in [0.05, 0.1) is 18.7 Å². The minimum atomic E-state index is -4.36. The molecule has 2 aliphatic rings. The van der Waals surface area contributed by atoms with Gasteiger partial charge in [-0.1, -0.05) is 12.1 Å². The van der Waals surface area contributed by atoms with Gasteiger partial charge < -0.3 is 20.5 Å². The summed E-state index contributed by atoms with van der Waals surface area (Å²) in [6.07, 6.45) is -0.396. The first-order valence-corrected chi connectivity index (χ1v) is 8.38. The molecule has 3 N–H and O–H groups in total. The highest BCUT2D eigenvalue weighted by Crippen LogP contribution is 2.39. The van der Waals surface area contributed by atoms with Gasteiger partial charge in [-0.3, -0.25) is 0 Å². The topological polar surface area (TPSA) is 68.9 Å². The fourth-order valence-corrected chi connectivity index (χ4v) is 3.19. The molecule has 0 bridgehead atoms. The first-order valence-electron chi connectivity index (χ1n) is 8.38. The first kappa shape index (κ1) is 21.2. The standard InChI is InChI=1S/C17H22F3N3O2.HI/c18-17(19,20)13-5-3-4-12(8-13)9-22-15(21)23-10-14-11-24-16(25-14)6-1-2-7-16;/h3-5,8,14H,1-2,6-7,9-11H2,(H3,21,22,23);1H. The van der Waals surface area contributed by atoms with Crippen molar-refractivity contribution in [2.24, 2.45) is 10.7 Å². The lowest BCUT2D eigenvalue weighted by Gasteiger charge is -2.22. The number of nitrogens with one attached hydrogen (secondary N) is 1. The summed E-state index contributed by atoms with van der Waals surface area (Å²) < 4.78 is 49.8. The number of hydrogen-bond donors (Lipinski definition) is 2. The van der Waals surface area contributed by atoms with Crippen LogP contribution in [0.25, 0.3) is 0 Å². The number of ether oxygens (including phenoxy) is 2. The molecule has 1 atom stereocenters.